The molecule has 0 atom stereocenters. The van der Waals surface area contributed by atoms with Gasteiger partial charge in [-0.3, -0.25) is 9.67 Å². The van der Waals surface area contributed by atoms with Crippen LogP contribution in [0, 0.1) is 0 Å². The molecule has 1 heterocycles. The molecule has 29 heavy (non-hydrogen) atoms. The number of methoxy groups -OCH3 is 1. The van der Waals surface area contributed by atoms with E-state index in [-0.39, 0.29) is 0 Å². The van der Waals surface area contributed by atoms with E-state index >= 15 is 0 Å². The zero-order chi connectivity index (χ0) is 21.2. The van der Waals surface area contributed by atoms with E-state index in [1.807, 2.05) is 36.0 Å². The normalized spacial score (nSPS) is 11.8. The van der Waals surface area contributed by atoms with E-state index in [0.29, 0.717) is 25.7 Å². The maximum atomic E-state index is 5.78. The lowest BCUT2D eigenvalue weighted by Crippen LogP contribution is -2.38. The van der Waals surface area contributed by atoms with E-state index in [9.17, 15) is 0 Å². The summed E-state index contributed by atoms with van der Waals surface area (Å²) in [6.07, 6.45) is 2.09. The van der Waals surface area contributed by atoms with Crippen molar-refractivity contribution >= 4 is 5.96 Å². The van der Waals surface area contributed by atoms with Crippen LogP contribution in [-0.4, -0.2) is 54.5 Å². The van der Waals surface area contributed by atoms with Gasteiger partial charge in [0.2, 0.25) is 0 Å². The monoisotopic (exact) mass is 401 g/mol. The average Bonchev–Trinajstić information content (AvgIpc) is 3.07. The van der Waals surface area contributed by atoms with Crippen LogP contribution >= 0.6 is 0 Å². The first kappa shape index (κ1) is 22.7. The number of hydrogen-bond acceptors (Lipinski definition) is 4. The van der Waals surface area contributed by atoms with Gasteiger partial charge < -0.3 is 19.7 Å². The minimum Gasteiger partial charge on any atom is -0.497 e. The maximum absolute atomic E-state index is 5.78. The molecule has 0 radical (unpaired) electrons. The van der Waals surface area contributed by atoms with E-state index in [1.165, 1.54) is 5.56 Å². The van der Waals surface area contributed by atoms with Crippen molar-refractivity contribution in [2.45, 2.75) is 39.8 Å². The largest absolute Gasteiger partial charge is 0.497 e. The minimum absolute atomic E-state index is 0.393. The van der Waals surface area contributed by atoms with E-state index in [1.54, 1.807) is 7.11 Å². The number of aliphatic imine (C=N–C) groups is 1. The smallest absolute Gasteiger partial charge is 0.194 e. The summed E-state index contributed by atoms with van der Waals surface area (Å²) in [6, 6.07) is 7.92. The van der Waals surface area contributed by atoms with Gasteiger partial charge in [0, 0.05) is 38.9 Å². The molecule has 0 aliphatic carbocycles. The molecule has 160 valence electrons. The van der Waals surface area contributed by atoms with Crippen LogP contribution in [0.3, 0.4) is 0 Å². The molecule has 2 aromatic rings. The molecule has 7 heteroatoms. The Balaban J connectivity index is 1.89. The molecule has 0 bridgehead atoms. The van der Waals surface area contributed by atoms with Gasteiger partial charge in [-0.15, -0.1) is 0 Å². The highest BCUT2D eigenvalue weighted by atomic mass is 16.5. The first-order chi connectivity index (χ1) is 13.9. The Bertz CT molecular complexity index is 785. The molecule has 0 aliphatic heterocycles. The highest BCUT2D eigenvalue weighted by Crippen LogP contribution is 2.18. The second-order valence-corrected chi connectivity index (χ2v) is 7.36. The van der Waals surface area contributed by atoms with Gasteiger partial charge in [0.1, 0.15) is 5.75 Å². The first-order valence-electron chi connectivity index (χ1n) is 10.2. The second-order valence-electron chi connectivity index (χ2n) is 7.36. The molecule has 1 N–H and O–H groups in total. The van der Waals surface area contributed by atoms with Crippen molar-refractivity contribution in [2.75, 3.05) is 33.9 Å². The third-order valence-corrected chi connectivity index (χ3v) is 4.49. The molecule has 0 amide bonds. The molecule has 7 nitrogen and oxygen atoms in total. The molecule has 1 aromatic carbocycles. The van der Waals surface area contributed by atoms with Crippen molar-refractivity contribution in [1.82, 2.24) is 20.0 Å². The third-order valence-electron chi connectivity index (χ3n) is 4.49. The van der Waals surface area contributed by atoms with Gasteiger partial charge in [-0.25, -0.2) is 0 Å². The quantitative estimate of drug-likeness (QED) is 0.376. The summed E-state index contributed by atoms with van der Waals surface area (Å²) in [4.78, 5) is 6.84. The summed E-state index contributed by atoms with van der Waals surface area (Å²) in [5.41, 5.74) is 3.46. The Labute approximate surface area is 174 Å². The van der Waals surface area contributed by atoms with Crippen molar-refractivity contribution in [3.8, 4) is 5.75 Å². The lowest BCUT2D eigenvalue weighted by atomic mass is 10.1. The molecular weight excluding hydrogens is 366 g/mol. The zero-order valence-corrected chi connectivity index (χ0v) is 18.6. The standard InChI is InChI=1S/C22H35N5O2/c1-7-23-22(26(4)14-19-15-27(5)25-21(19)17(2)3)24-11-12-29-16-18-9-8-10-20(13-18)28-6/h8-10,13,15,17H,7,11-12,14,16H2,1-6H3,(H,23,24). The number of aryl methyl sites for hydroxylation is 1. The predicted octanol–water partition coefficient (Wildman–Crippen LogP) is 3.17. The number of rotatable bonds is 10. The van der Waals surface area contributed by atoms with E-state index in [0.717, 1.165) is 36.1 Å². The fourth-order valence-corrected chi connectivity index (χ4v) is 3.13. The molecule has 0 saturated carbocycles. The zero-order valence-electron chi connectivity index (χ0n) is 18.6. The van der Waals surface area contributed by atoms with E-state index in [2.05, 4.69) is 49.3 Å². The van der Waals surface area contributed by atoms with Gasteiger partial charge in [0.05, 0.1) is 32.6 Å². The van der Waals surface area contributed by atoms with Crippen LogP contribution in [0.5, 0.6) is 5.75 Å². The summed E-state index contributed by atoms with van der Waals surface area (Å²) >= 11 is 0. The number of benzene rings is 1. The van der Waals surface area contributed by atoms with Crippen molar-refractivity contribution in [3.63, 3.8) is 0 Å². The molecule has 0 unspecified atom stereocenters. The number of nitrogens with zero attached hydrogens (tertiary/aromatic N) is 4. The summed E-state index contributed by atoms with van der Waals surface area (Å²) in [5, 5.41) is 7.96. The summed E-state index contributed by atoms with van der Waals surface area (Å²) in [5.74, 6) is 2.11. The molecule has 0 fully saturated rings. The van der Waals surface area contributed by atoms with Crippen LogP contribution in [0.25, 0.3) is 0 Å². The number of guanidine groups is 1. The Kier molecular flexibility index (Phi) is 8.99. The van der Waals surface area contributed by atoms with Gasteiger partial charge in [-0.05, 0) is 30.5 Å². The van der Waals surface area contributed by atoms with Crippen LogP contribution in [0.15, 0.2) is 35.5 Å². The Morgan fingerprint density at radius 3 is 2.83 bits per heavy atom. The SMILES string of the molecule is CCNC(=NCCOCc1cccc(OC)c1)N(C)Cc1cn(C)nc1C(C)C. The van der Waals surface area contributed by atoms with Crippen molar-refractivity contribution in [3.05, 3.63) is 47.3 Å². The lowest BCUT2D eigenvalue weighted by molar-refractivity contribution is 0.128. The summed E-state index contributed by atoms with van der Waals surface area (Å²) in [6.45, 7) is 9.70. The Morgan fingerprint density at radius 1 is 1.34 bits per heavy atom. The van der Waals surface area contributed by atoms with Crippen molar-refractivity contribution in [1.29, 1.82) is 0 Å². The van der Waals surface area contributed by atoms with Crippen LogP contribution in [0.2, 0.25) is 0 Å². The predicted molar refractivity (Wildman–Crippen MR) is 117 cm³/mol. The molecule has 1 aromatic heterocycles. The number of aromatic nitrogens is 2. The first-order valence-corrected chi connectivity index (χ1v) is 10.2. The summed E-state index contributed by atoms with van der Waals surface area (Å²) in [7, 11) is 5.69. The fourth-order valence-electron chi connectivity index (χ4n) is 3.13. The lowest BCUT2D eigenvalue weighted by Gasteiger charge is -2.22. The van der Waals surface area contributed by atoms with Crippen molar-refractivity contribution < 1.29 is 9.47 Å². The summed E-state index contributed by atoms with van der Waals surface area (Å²) < 4.78 is 12.9. The van der Waals surface area contributed by atoms with Gasteiger partial charge in [0.15, 0.2) is 5.96 Å². The van der Waals surface area contributed by atoms with E-state index < -0.39 is 0 Å². The topological polar surface area (TPSA) is 63.9 Å². The van der Waals surface area contributed by atoms with Crippen LogP contribution in [0.1, 0.15) is 43.5 Å². The van der Waals surface area contributed by atoms with Gasteiger partial charge in [-0.2, -0.15) is 5.10 Å². The maximum Gasteiger partial charge on any atom is 0.194 e. The van der Waals surface area contributed by atoms with Gasteiger partial charge in [0.25, 0.3) is 0 Å². The van der Waals surface area contributed by atoms with Crippen LogP contribution in [-0.2, 0) is 24.9 Å². The van der Waals surface area contributed by atoms with E-state index in [4.69, 9.17) is 14.5 Å². The average molecular weight is 402 g/mol. The Morgan fingerprint density at radius 2 is 2.14 bits per heavy atom. The molecular formula is C22H35N5O2. The molecule has 0 spiro atoms. The molecule has 0 aliphatic rings. The van der Waals surface area contributed by atoms with Crippen LogP contribution in [0.4, 0.5) is 0 Å². The second kappa shape index (κ2) is 11.5. The van der Waals surface area contributed by atoms with Crippen molar-refractivity contribution in [2.24, 2.45) is 12.0 Å². The Hall–Kier alpha value is -2.54. The third kappa shape index (κ3) is 7.09. The molecule has 2 rings (SSSR count). The number of ether oxygens (including phenoxy) is 2. The van der Waals surface area contributed by atoms with Gasteiger partial charge >= 0.3 is 0 Å². The highest BCUT2D eigenvalue weighted by Gasteiger charge is 2.15. The fraction of sp³-hybridized carbons (Fsp3) is 0.545. The minimum atomic E-state index is 0.393. The highest BCUT2D eigenvalue weighted by molar-refractivity contribution is 5.79. The number of hydrogen-bond donors (Lipinski definition) is 1. The van der Waals surface area contributed by atoms with Gasteiger partial charge in [-0.1, -0.05) is 26.0 Å². The number of nitrogens with one attached hydrogen (secondary N) is 1. The van der Waals surface area contributed by atoms with Crippen LogP contribution < -0.4 is 10.1 Å². The molecule has 0 saturated heterocycles.